The second-order valence-corrected chi connectivity index (χ2v) is 4.32. The van der Waals surface area contributed by atoms with E-state index in [0.29, 0.717) is 0 Å². The molecule has 90 valence electrons. The lowest BCUT2D eigenvalue weighted by atomic mass is 10.0. The highest BCUT2D eigenvalue weighted by Gasteiger charge is 2.07. The third kappa shape index (κ3) is 3.41. The molecule has 0 amide bonds. The van der Waals surface area contributed by atoms with Gasteiger partial charge in [-0.15, -0.1) is 0 Å². The van der Waals surface area contributed by atoms with Crippen LogP contribution in [0.3, 0.4) is 0 Å². The quantitative estimate of drug-likeness (QED) is 0.856. The van der Waals surface area contributed by atoms with Gasteiger partial charge in [-0.25, -0.2) is 0 Å². The third-order valence-electron chi connectivity index (χ3n) is 2.79. The molecule has 2 N–H and O–H groups in total. The molecule has 0 heterocycles. The highest BCUT2D eigenvalue weighted by atomic mass is 16.0. The van der Waals surface area contributed by atoms with Crippen molar-refractivity contribution in [1.82, 2.24) is 0 Å². The minimum Gasteiger partial charge on any atom is -0.870 e. The van der Waals surface area contributed by atoms with Gasteiger partial charge in [0.25, 0.3) is 0 Å². The largest absolute Gasteiger partial charge is 0.870 e. The lowest BCUT2D eigenvalue weighted by Gasteiger charge is -2.12. The Morgan fingerprint density at radius 2 is 1.41 bits per heavy atom. The summed E-state index contributed by atoms with van der Waals surface area (Å²) in [4.78, 5) is 1.38. The van der Waals surface area contributed by atoms with Crippen LogP contribution in [-0.4, -0.2) is 19.6 Å². The zero-order valence-corrected chi connectivity index (χ0v) is 10.4. The van der Waals surface area contributed by atoms with Gasteiger partial charge in [-0.2, -0.15) is 0 Å². The summed E-state index contributed by atoms with van der Waals surface area (Å²) in [7, 11) is 4.34. The van der Waals surface area contributed by atoms with E-state index in [1.807, 2.05) is 0 Å². The van der Waals surface area contributed by atoms with Crippen LogP contribution in [0.2, 0.25) is 0 Å². The fourth-order valence-corrected chi connectivity index (χ4v) is 1.98. The van der Waals surface area contributed by atoms with Gasteiger partial charge in [0, 0.05) is 12.0 Å². The topological polar surface area (TPSA) is 34.4 Å². The number of quaternary nitrogens is 1. The molecule has 0 spiro atoms. The average molecular weight is 229 g/mol. The van der Waals surface area contributed by atoms with Crippen molar-refractivity contribution in [2.75, 3.05) is 14.1 Å². The molecule has 0 saturated heterocycles. The average Bonchev–Trinajstić information content (AvgIpc) is 2.31. The molecule has 2 aromatic rings. The van der Waals surface area contributed by atoms with Gasteiger partial charge in [0.05, 0.1) is 14.1 Å². The Balaban J connectivity index is 0.00000144. The van der Waals surface area contributed by atoms with Crippen molar-refractivity contribution in [3.8, 4) is 0 Å². The van der Waals surface area contributed by atoms with Crippen LogP contribution < -0.4 is 4.90 Å². The van der Waals surface area contributed by atoms with E-state index in [9.17, 15) is 0 Å². The number of hydrogen-bond acceptors (Lipinski definition) is 1. The van der Waals surface area contributed by atoms with Gasteiger partial charge < -0.3 is 10.4 Å². The van der Waals surface area contributed by atoms with Crippen molar-refractivity contribution in [2.45, 2.75) is 6.42 Å². The molecule has 0 aromatic heterocycles. The van der Waals surface area contributed by atoms with E-state index in [4.69, 9.17) is 0 Å². The predicted molar refractivity (Wildman–Crippen MR) is 70.1 cm³/mol. The van der Waals surface area contributed by atoms with Crippen LogP contribution in [0, 0.1) is 0 Å². The van der Waals surface area contributed by atoms with Crippen LogP contribution in [0.15, 0.2) is 54.6 Å². The van der Waals surface area contributed by atoms with Crippen LogP contribution in [0.5, 0.6) is 0 Å². The minimum atomic E-state index is 0. The number of rotatable bonds is 3. The summed E-state index contributed by atoms with van der Waals surface area (Å²) in [5.41, 5.74) is 4.16. The lowest BCUT2D eigenvalue weighted by Crippen LogP contribution is -3.00. The Morgan fingerprint density at radius 3 is 2.06 bits per heavy atom. The summed E-state index contributed by atoms with van der Waals surface area (Å²) in [6.07, 6.45) is 1.02. The van der Waals surface area contributed by atoms with Crippen LogP contribution in [0.4, 0.5) is 5.69 Å². The summed E-state index contributed by atoms with van der Waals surface area (Å²) in [6, 6.07) is 19.3. The Morgan fingerprint density at radius 1 is 0.824 bits per heavy atom. The van der Waals surface area contributed by atoms with Gasteiger partial charge in [0.15, 0.2) is 0 Å². The predicted octanol–water partition coefficient (Wildman–Crippen LogP) is 1.88. The minimum absolute atomic E-state index is 0. The second-order valence-electron chi connectivity index (χ2n) is 4.32. The molecule has 17 heavy (non-hydrogen) atoms. The van der Waals surface area contributed by atoms with E-state index >= 15 is 0 Å². The Labute approximate surface area is 103 Å². The molecule has 0 unspecified atom stereocenters. The van der Waals surface area contributed by atoms with Crippen molar-refractivity contribution in [1.29, 1.82) is 0 Å². The van der Waals surface area contributed by atoms with Crippen molar-refractivity contribution < 1.29 is 10.4 Å². The summed E-state index contributed by atoms with van der Waals surface area (Å²) in [5.74, 6) is 0. The van der Waals surface area contributed by atoms with Crippen LogP contribution >= 0.6 is 0 Å². The standard InChI is InChI=1S/C15H17N.H2O/c1-16(2)15-11-7-6-10-14(15)12-13-8-4-3-5-9-13;/h3-11H,12H2,1-2H3;1H2. The first kappa shape index (κ1) is 13.4. The summed E-state index contributed by atoms with van der Waals surface area (Å²) < 4.78 is 0. The molecule has 2 heteroatoms. The van der Waals surface area contributed by atoms with Crippen LogP contribution in [0.1, 0.15) is 11.1 Å². The van der Waals surface area contributed by atoms with E-state index < -0.39 is 0 Å². The molecule has 2 nitrogen and oxygen atoms in total. The van der Waals surface area contributed by atoms with Crippen LogP contribution in [0.25, 0.3) is 0 Å². The molecule has 2 aromatic carbocycles. The van der Waals surface area contributed by atoms with Crippen molar-refractivity contribution in [3.63, 3.8) is 0 Å². The Bertz CT molecular complexity index is 451. The summed E-state index contributed by atoms with van der Waals surface area (Å²) in [5, 5.41) is 0. The summed E-state index contributed by atoms with van der Waals surface area (Å²) >= 11 is 0. The van der Waals surface area contributed by atoms with E-state index in [0.717, 1.165) is 6.42 Å². The van der Waals surface area contributed by atoms with Gasteiger partial charge in [0.2, 0.25) is 0 Å². The Kier molecular flexibility index (Phi) is 4.88. The van der Waals surface area contributed by atoms with Crippen molar-refractivity contribution in [3.05, 3.63) is 65.7 Å². The highest BCUT2D eigenvalue weighted by Crippen LogP contribution is 2.15. The molecular formula is C15H19NO. The smallest absolute Gasteiger partial charge is 0.134 e. The molecule has 0 fully saturated rings. The van der Waals surface area contributed by atoms with Gasteiger partial charge in [-0.05, 0) is 11.6 Å². The number of nitrogens with one attached hydrogen (secondary N) is 1. The normalized spacial score (nSPS) is 10.1. The molecule has 0 aliphatic carbocycles. The molecule has 2 rings (SSSR count). The maximum Gasteiger partial charge on any atom is 0.134 e. The van der Waals surface area contributed by atoms with E-state index in [-0.39, 0.29) is 5.48 Å². The SMILES string of the molecule is C[NH+](C)c1ccccc1Cc1ccccc1.[OH-]. The fourth-order valence-electron chi connectivity index (χ4n) is 1.98. The Hall–Kier alpha value is -1.64. The van der Waals surface area contributed by atoms with Gasteiger partial charge in [-0.1, -0.05) is 48.5 Å². The molecule has 0 radical (unpaired) electrons. The number of hydrogen-bond donors (Lipinski definition) is 1. The van der Waals surface area contributed by atoms with Gasteiger partial charge in [0.1, 0.15) is 5.69 Å². The molecule has 0 atom stereocenters. The van der Waals surface area contributed by atoms with Crippen LogP contribution in [-0.2, 0) is 6.42 Å². The third-order valence-corrected chi connectivity index (χ3v) is 2.79. The lowest BCUT2D eigenvalue weighted by molar-refractivity contribution is -0.786. The summed E-state index contributed by atoms with van der Waals surface area (Å²) in [6.45, 7) is 0. The van der Waals surface area contributed by atoms with Crippen molar-refractivity contribution >= 4 is 5.69 Å². The highest BCUT2D eigenvalue weighted by molar-refractivity contribution is 5.42. The van der Waals surface area contributed by atoms with Gasteiger partial charge >= 0.3 is 0 Å². The van der Waals surface area contributed by atoms with Gasteiger partial charge in [-0.3, -0.25) is 0 Å². The zero-order chi connectivity index (χ0) is 11.4. The van der Waals surface area contributed by atoms with Crippen molar-refractivity contribution in [2.24, 2.45) is 0 Å². The fraction of sp³-hybridized carbons (Fsp3) is 0.200. The molecule has 0 aliphatic rings. The number of benzene rings is 2. The first-order chi connectivity index (χ1) is 7.77. The molecule has 0 bridgehead atoms. The second kappa shape index (κ2) is 6.18. The molecule has 0 saturated carbocycles. The molecule has 0 aliphatic heterocycles. The van der Waals surface area contributed by atoms with E-state index in [2.05, 4.69) is 68.7 Å². The van der Waals surface area contributed by atoms with E-state index in [1.165, 1.54) is 21.7 Å². The number of para-hydroxylation sites is 1. The molecular weight excluding hydrogens is 210 g/mol. The first-order valence-corrected chi connectivity index (χ1v) is 5.70. The first-order valence-electron chi connectivity index (χ1n) is 5.70. The van der Waals surface area contributed by atoms with E-state index in [1.54, 1.807) is 0 Å². The zero-order valence-electron chi connectivity index (χ0n) is 10.4. The maximum atomic E-state index is 2.22. The monoisotopic (exact) mass is 229 g/mol. The maximum absolute atomic E-state index is 2.22.